The van der Waals surface area contributed by atoms with Crippen LogP contribution in [0.2, 0.25) is 0 Å². The molecule has 0 aromatic carbocycles. The van der Waals surface area contributed by atoms with Gasteiger partial charge >= 0.3 is 6.09 Å². The van der Waals surface area contributed by atoms with E-state index in [9.17, 15) is 4.79 Å². The highest BCUT2D eigenvalue weighted by Gasteiger charge is 2.26. The molecule has 1 aromatic rings. The molecule has 20 heavy (non-hydrogen) atoms. The number of rotatable bonds is 1. The van der Waals surface area contributed by atoms with Gasteiger partial charge in [-0.05, 0) is 55.5 Å². The van der Waals surface area contributed by atoms with Gasteiger partial charge in [0.1, 0.15) is 11.4 Å². The first-order chi connectivity index (χ1) is 9.35. The molecule has 0 atom stereocenters. The third kappa shape index (κ3) is 4.22. The third-order valence-electron chi connectivity index (χ3n) is 2.97. The lowest BCUT2D eigenvalue weighted by molar-refractivity contribution is 0.0240. The number of ether oxygens (including phenoxy) is 1. The summed E-state index contributed by atoms with van der Waals surface area (Å²) in [4.78, 5) is 20.3. The van der Waals surface area contributed by atoms with Crippen molar-refractivity contribution in [3.8, 4) is 0 Å². The maximum Gasteiger partial charge on any atom is 0.410 e. The molecule has 5 nitrogen and oxygen atoms in total. The number of piperazine rings is 1. The summed E-state index contributed by atoms with van der Waals surface area (Å²) in [6.07, 6.45) is 1.63. The van der Waals surface area contributed by atoms with Crippen molar-refractivity contribution in [2.75, 3.05) is 31.1 Å². The summed E-state index contributed by atoms with van der Waals surface area (Å²) < 4.78 is 6.51. The lowest BCUT2D eigenvalue weighted by Crippen LogP contribution is -2.50. The minimum atomic E-state index is -0.439. The van der Waals surface area contributed by atoms with Crippen LogP contribution in [0.3, 0.4) is 0 Å². The highest BCUT2D eigenvalue weighted by molar-refractivity contribution is 14.1. The Bertz CT molecular complexity index is 462. The molecule has 1 aliphatic rings. The van der Waals surface area contributed by atoms with Gasteiger partial charge in [0.05, 0.1) is 0 Å². The molecular formula is C14H20IN3O2. The van der Waals surface area contributed by atoms with Crippen molar-refractivity contribution in [1.29, 1.82) is 0 Å². The van der Waals surface area contributed by atoms with E-state index in [0.717, 1.165) is 22.5 Å². The molecule has 2 rings (SSSR count). The summed E-state index contributed by atoms with van der Waals surface area (Å²) in [5, 5.41) is 0. The minimum Gasteiger partial charge on any atom is -0.444 e. The van der Waals surface area contributed by atoms with Crippen LogP contribution in [-0.2, 0) is 4.74 Å². The van der Waals surface area contributed by atoms with Crippen LogP contribution in [0.25, 0.3) is 0 Å². The van der Waals surface area contributed by atoms with Gasteiger partial charge in [0, 0.05) is 35.9 Å². The van der Waals surface area contributed by atoms with Gasteiger partial charge in [-0.3, -0.25) is 0 Å². The summed E-state index contributed by atoms with van der Waals surface area (Å²) >= 11 is 2.24. The molecule has 1 saturated heterocycles. The first-order valence-corrected chi connectivity index (χ1v) is 7.77. The molecule has 0 saturated carbocycles. The molecule has 0 bridgehead atoms. The van der Waals surface area contributed by atoms with E-state index in [-0.39, 0.29) is 6.09 Å². The van der Waals surface area contributed by atoms with Gasteiger partial charge in [-0.25, -0.2) is 9.78 Å². The molecule has 0 N–H and O–H groups in total. The van der Waals surface area contributed by atoms with Crippen LogP contribution in [0.1, 0.15) is 20.8 Å². The number of aromatic nitrogens is 1. The Morgan fingerprint density at radius 2 is 1.90 bits per heavy atom. The molecular weight excluding hydrogens is 369 g/mol. The fraction of sp³-hybridized carbons (Fsp3) is 0.571. The van der Waals surface area contributed by atoms with Crippen molar-refractivity contribution in [1.82, 2.24) is 9.88 Å². The smallest absolute Gasteiger partial charge is 0.410 e. The van der Waals surface area contributed by atoms with Crippen LogP contribution in [0.4, 0.5) is 10.6 Å². The highest BCUT2D eigenvalue weighted by atomic mass is 127. The predicted molar refractivity (Wildman–Crippen MR) is 87.0 cm³/mol. The van der Waals surface area contributed by atoms with E-state index in [1.807, 2.05) is 39.1 Å². The molecule has 0 radical (unpaired) electrons. The largest absolute Gasteiger partial charge is 0.444 e. The third-order valence-corrected chi connectivity index (χ3v) is 3.61. The van der Waals surface area contributed by atoms with E-state index in [1.54, 1.807) is 4.90 Å². The van der Waals surface area contributed by atoms with Crippen molar-refractivity contribution >= 4 is 34.5 Å². The zero-order valence-electron chi connectivity index (χ0n) is 12.1. The Morgan fingerprint density at radius 1 is 1.25 bits per heavy atom. The summed E-state index contributed by atoms with van der Waals surface area (Å²) in [6, 6.07) is 4.06. The lowest BCUT2D eigenvalue weighted by atomic mass is 10.2. The number of nitrogens with zero attached hydrogens (tertiary/aromatic N) is 3. The van der Waals surface area contributed by atoms with Gasteiger partial charge < -0.3 is 14.5 Å². The number of carbonyl (C=O) groups is 1. The summed E-state index contributed by atoms with van der Waals surface area (Å²) in [6.45, 7) is 8.56. The molecule has 6 heteroatoms. The maximum absolute atomic E-state index is 12.0. The van der Waals surface area contributed by atoms with Crippen LogP contribution in [0, 0.1) is 3.57 Å². The van der Waals surface area contributed by atoms with Crippen molar-refractivity contribution in [2.45, 2.75) is 26.4 Å². The number of pyridine rings is 1. The van der Waals surface area contributed by atoms with E-state index < -0.39 is 5.60 Å². The maximum atomic E-state index is 12.0. The predicted octanol–water partition coefficient (Wildman–Crippen LogP) is 2.74. The second-order valence-electron chi connectivity index (χ2n) is 5.79. The lowest BCUT2D eigenvalue weighted by Gasteiger charge is -2.36. The van der Waals surface area contributed by atoms with Gasteiger partial charge in [-0.2, -0.15) is 0 Å². The average Bonchev–Trinajstić information content (AvgIpc) is 2.38. The fourth-order valence-electron chi connectivity index (χ4n) is 2.00. The Hall–Kier alpha value is -1.05. The van der Waals surface area contributed by atoms with Crippen molar-refractivity contribution in [2.24, 2.45) is 0 Å². The van der Waals surface area contributed by atoms with Crippen LogP contribution in [0.15, 0.2) is 18.3 Å². The van der Waals surface area contributed by atoms with Crippen LogP contribution < -0.4 is 4.90 Å². The second kappa shape index (κ2) is 6.15. The molecule has 0 aliphatic carbocycles. The average molecular weight is 389 g/mol. The highest BCUT2D eigenvalue weighted by Crippen LogP contribution is 2.16. The fourth-order valence-corrected chi connectivity index (χ4v) is 2.32. The van der Waals surface area contributed by atoms with Gasteiger partial charge in [-0.15, -0.1) is 0 Å². The SMILES string of the molecule is CC(C)(C)OC(=O)N1CCN(c2ccc(I)cn2)CC1. The van der Waals surface area contributed by atoms with E-state index in [4.69, 9.17) is 4.74 Å². The Morgan fingerprint density at radius 3 is 2.40 bits per heavy atom. The Balaban J connectivity index is 1.89. The molecule has 1 aromatic heterocycles. The zero-order chi connectivity index (χ0) is 14.8. The zero-order valence-corrected chi connectivity index (χ0v) is 14.3. The minimum absolute atomic E-state index is 0.229. The van der Waals surface area contributed by atoms with Crippen molar-refractivity contribution in [3.63, 3.8) is 0 Å². The monoisotopic (exact) mass is 389 g/mol. The first kappa shape index (κ1) is 15.3. The molecule has 0 unspecified atom stereocenters. The van der Waals surface area contributed by atoms with Crippen LogP contribution >= 0.6 is 22.6 Å². The Labute approximate surface area is 133 Å². The number of amides is 1. The second-order valence-corrected chi connectivity index (χ2v) is 7.03. The number of halogens is 1. The van der Waals surface area contributed by atoms with E-state index in [0.29, 0.717) is 13.1 Å². The van der Waals surface area contributed by atoms with Gasteiger partial charge in [0.15, 0.2) is 0 Å². The Kier molecular flexibility index (Phi) is 4.72. The standard InChI is InChI=1S/C14H20IN3O2/c1-14(2,3)20-13(19)18-8-6-17(7-9-18)12-5-4-11(15)10-16-12/h4-5,10H,6-9H2,1-3H3. The van der Waals surface area contributed by atoms with E-state index in [1.165, 1.54) is 0 Å². The van der Waals surface area contributed by atoms with Gasteiger partial charge in [0.2, 0.25) is 0 Å². The number of hydrogen-bond donors (Lipinski definition) is 0. The summed E-state index contributed by atoms with van der Waals surface area (Å²) in [5.74, 6) is 0.967. The van der Waals surface area contributed by atoms with Crippen molar-refractivity contribution in [3.05, 3.63) is 21.9 Å². The molecule has 1 fully saturated rings. The molecule has 1 aliphatic heterocycles. The van der Waals surface area contributed by atoms with E-state index in [2.05, 4.69) is 32.5 Å². The van der Waals surface area contributed by atoms with Crippen LogP contribution in [-0.4, -0.2) is 47.8 Å². The number of hydrogen-bond acceptors (Lipinski definition) is 4. The van der Waals surface area contributed by atoms with Crippen LogP contribution in [0.5, 0.6) is 0 Å². The summed E-state index contributed by atoms with van der Waals surface area (Å²) in [5.41, 5.74) is -0.439. The quantitative estimate of drug-likeness (QED) is 0.693. The summed E-state index contributed by atoms with van der Waals surface area (Å²) in [7, 11) is 0. The topological polar surface area (TPSA) is 45.7 Å². The molecule has 110 valence electrons. The molecule has 0 spiro atoms. The van der Waals surface area contributed by atoms with Gasteiger partial charge in [-0.1, -0.05) is 0 Å². The van der Waals surface area contributed by atoms with Crippen molar-refractivity contribution < 1.29 is 9.53 Å². The van der Waals surface area contributed by atoms with E-state index >= 15 is 0 Å². The molecule has 1 amide bonds. The molecule has 2 heterocycles. The number of carbonyl (C=O) groups excluding carboxylic acids is 1. The number of anilines is 1. The first-order valence-electron chi connectivity index (χ1n) is 6.69. The van der Waals surface area contributed by atoms with Gasteiger partial charge in [0.25, 0.3) is 0 Å². The normalized spacial score (nSPS) is 16.2.